The van der Waals surface area contributed by atoms with Crippen LogP contribution in [0, 0.1) is 0 Å². The van der Waals surface area contributed by atoms with Crippen LogP contribution in [-0.2, 0) is 4.74 Å². The highest BCUT2D eigenvalue weighted by Gasteiger charge is 2.15. The number of hydrogen-bond acceptors (Lipinski definition) is 5. The molecule has 0 unspecified atom stereocenters. The standard InChI is InChI=1S/C12H8ClN3O3/c1-18-12(17)7-3-2-4-10-14-11(15-16(7)10)8-5-6-9(13)19-8/h2-6H,1H3. The first-order valence-corrected chi connectivity index (χ1v) is 5.76. The number of carbonyl (C=O) groups is 1. The summed E-state index contributed by atoms with van der Waals surface area (Å²) in [5.74, 6) is 0.298. The molecule has 96 valence electrons. The lowest BCUT2D eigenvalue weighted by Gasteiger charge is -2.00. The van der Waals surface area contributed by atoms with Gasteiger partial charge in [0.25, 0.3) is 0 Å². The van der Waals surface area contributed by atoms with E-state index in [1.54, 1.807) is 30.3 Å². The molecular weight excluding hydrogens is 270 g/mol. The van der Waals surface area contributed by atoms with Gasteiger partial charge in [0.05, 0.1) is 7.11 Å². The lowest BCUT2D eigenvalue weighted by molar-refractivity contribution is 0.0591. The number of aromatic nitrogens is 3. The molecule has 0 aromatic carbocycles. The molecule has 3 rings (SSSR count). The number of esters is 1. The Morgan fingerprint density at radius 2 is 2.21 bits per heavy atom. The van der Waals surface area contributed by atoms with E-state index in [1.807, 2.05) is 0 Å². The molecule has 0 amide bonds. The number of fused-ring (bicyclic) bond motifs is 1. The normalized spacial score (nSPS) is 10.8. The Bertz CT molecular complexity index is 763. The first-order valence-electron chi connectivity index (χ1n) is 5.39. The predicted molar refractivity (Wildman–Crippen MR) is 67.0 cm³/mol. The molecule has 6 nitrogen and oxygen atoms in total. The fourth-order valence-electron chi connectivity index (χ4n) is 1.70. The van der Waals surface area contributed by atoms with Crippen molar-refractivity contribution in [3.8, 4) is 11.6 Å². The number of hydrogen-bond donors (Lipinski definition) is 0. The van der Waals surface area contributed by atoms with Gasteiger partial charge in [-0.05, 0) is 35.9 Å². The molecule has 0 fully saturated rings. The van der Waals surface area contributed by atoms with Crippen molar-refractivity contribution in [3.05, 3.63) is 41.2 Å². The minimum absolute atomic E-state index is 0.252. The highest BCUT2D eigenvalue weighted by Crippen LogP contribution is 2.22. The van der Waals surface area contributed by atoms with Crippen molar-refractivity contribution in [2.45, 2.75) is 0 Å². The molecule has 3 heterocycles. The Morgan fingerprint density at radius 3 is 2.89 bits per heavy atom. The van der Waals surface area contributed by atoms with Crippen LogP contribution in [0.15, 0.2) is 34.7 Å². The first kappa shape index (κ1) is 11.7. The van der Waals surface area contributed by atoms with Gasteiger partial charge in [-0.15, -0.1) is 5.10 Å². The molecule has 0 radical (unpaired) electrons. The number of carbonyl (C=O) groups excluding carboxylic acids is 1. The number of pyridine rings is 1. The van der Waals surface area contributed by atoms with Gasteiger partial charge in [-0.25, -0.2) is 14.3 Å². The zero-order valence-electron chi connectivity index (χ0n) is 9.83. The Morgan fingerprint density at radius 1 is 1.37 bits per heavy atom. The molecule has 19 heavy (non-hydrogen) atoms. The molecule has 0 saturated carbocycles. The number of ether oxygens (including phenoxy) is 1. The average Bonchev–Trinajstić information content (AvgIpc) is 3.02. The van der Waals surface area contributed by atoms with Gasteiger partial charge in [-0.3, -0.25) is 0 Å². The second kappa shape index (κ2) is 4.40. The summed E-state index contributed by atoms with van der Waals surface area (Å²) in [7, 11) is 1.31. The van der Waals surface area contributed by atoms with E-state index < -0.39 is 5.97 Å². The van der Waals surface area contributed by atoms with E-state index >= 15 is 0 Å². The third-order valence-electron chi connectivity index (χ3n) is 2.55. The smallest absolute Gasteiger partial charge is 0.356 e. The van der Waals surface area contributed by atoms with Gasteiger partial charge in [0.2, 0.25) is 5.82 Å². The summed E-state index contributed by atoms with van der Waals surface area (Å²) in [6, 6.07) is 8.30. The number of rotatable bonds is 2. The second-order valence-electron chi connectivity index (χ2n) is 3.71. The van der Waals surface area contributed by atoms with E-state index in [1.165, 1.54) is 11.6 Å². The summed E-state index contributed by atoms with van der Waals surface area (Å²) >= 11 is 5.71. The second-order valence-corrected chi connectivity index (χ2v) is 4.08. The SMILES string of the molecule is COC(=O)c1cccc2nc(-c3ccc(Cl)o3)nn12. The number of methoxy groups -OCH3 is 1. The average molecular weight is 278 g/mol. The van der Waals surface area contributed by atoms with E-state index in [0.29, 0.717) is 17.2 Å². The van der Waals surface area contributed by atoms with E-state index in [0.717, 1.165) is 0 Å². The topological polar surface area (TPSA) is 69.6 Å². The monoisotopic (exact) mass is 277 g/mol. The van der Waals surface area contributed by atoms with Crippen molar-refractivity contribution < 1.29 is 13.9 Å². The maximum Gasteiger partial charge on any atom is 0.356 e. The van der Waals surface area contributed by atoms with Gasteiger partial charge in [0.1, 0.15) is 0 Å². The van der Waals surface area contributed by atoms with E-state index in [4.69, 9.17) is 20.8 Å². The minimum Gasteiger partial charge on any atom is -0.464 e. The number of furan rings is 1. The highest BCUT2D eigenvalue weighted by molar-refractivity contribution is 6.28. The van der Waals surface area contributed by atoms with Crippen LogP contribution in [0.3, 0.4) is 0 Å². The molecule has 7 heteroatoms. The molecule has 0 atom stereocenters. The zero-order chi connectivity index (χ0) is 13.4. The van der Waals surface area contributed by atoms with Crippen LogP contribution in [0.1, 0.15) is 10.5 Å². The third kappa shape index (κ3) is 1.96. The number of halogens is 1. The van der Waals surface area contributed by atoms with Crippen molar-refractivity contribution in [2.75, 3.05) is 7.11 Å². The molecule has 0 aliphatic carbocycles. The fraction of sp³-hybridized carbons (Fsp3) is 0.0833. The molecule has 0 N–H and O–H groups in total. The van der Waals surface area contributed by atoms with Gasteiger partial charge in [-0.2, -0.15) is 0 Å². The largest absolute Gasteiger partial charge is 0.464 e. The molecular formula is C12H8ClN3O3. The molecule has 3 aromatic heterocycles. The first-order chi connectivity index (χ1) is 9.19. The lowest BCUT2D eigenvalue weighted by Crippen LogP contribution is -2.08. The summed E-state index contributed by atoms with van der Waals surface area (Å²) in [5, 5.41) is 4.47. The van der Waals surface area contributed by atoms with Gasteiger partial charge in [0.15, 0.2) is 22.3 Å². The summed E-state index contributed by atoms with van der Waals surface area (Å²) in [5.41, 5.74) is 0.807. The van der Waals surface area contributed by atoms with Crippen LogP contribution in [0.5, 0.6) is 0 Å². The Balaban J connectivity index is 2.18. The van der Waals surface area contributed by atoms with Crippen LogP contribution in [0.2, 0.25) is 5.22 Å². The maximum absolute atomic E-state index is 11.6. The van der Waals surface area contributed by atoms with Gasteiger partial charge in [0, 0.05) is 0 Å². The Hall–Kier alpha value is -2.34. The van der Waals surface area contributed by atoms with Crippen molar-refractivity contribution in [1.29, 1.82) is 0 Å². The van der Waals surface area contributed by atoms with E-state index in [2.05, 4.69) is 10.1 Å². The zero-order valence-corrected chi connectivity index (χ0v) is 10.6. The van der Waals surface area contributed by atoms with Crippen LogP contribution in [-0.4, -0.2) is 27.7 Å². The van der Waals surface area contributed by atoms with E-state index in [-0.39, 0.29) is 10.9 Å². The molecule has 0 bridgehead atoms. The van der Waals surface area contributed by atoms with Gasteiger partial charge in [-0.1, -0.05) is 6.07 Å². The van der Waals surface area contributed by atoms with Gasteiger partial charge < -0.3 is 9.15 Å². The molecule has 0 spiro atoms. The van der Waals surface area contributed by atoms with Crippen LogP contribution in [0.25, 0.3) is 17.2 Å². The molecule has 3 aromatic rings. The molecule has 0 aliphatic heterocycles. The third-order valence-corrected chi connectivity index (χ3v) is 2.75. The van der Waals surface area contributed by atoms with Crippen LogP contribution >= 0.6 is 11.6 Å². The highest BCUT2D eigenvalue weighted by atomic mass is 35.5. The van der Waals surface area contributed by atoms with Crippen LogP contribution < -0.4 is 0 Å². The van der Waals surface area contributed by atoms with E-state index in [9.17, 15) is 4.79 Å². The quantitative estimate of drug-likeness (QED) is 0.673. The van der Waals surface area contributed by atoms with Crippen molar-refractivity contribution in [2.24, 2.45) is 0 Å². The maximum atomic E-state index is 11.6. The summed E-state index contributed by atoms with van der Waals surface area (Å²) in [4.78, 5) is 15.9. The predicted octanol–water partition coefficient (Wildman–Crippen LogP) is 2.43. The Labute approximate surface area is 112 Å². The number of nitrogens with zero attached hydrogens (tertiary/aromatic N) is 3. The minimum atomic E-state index is -0.487. The Kier molecular flexibility index (Phi) is 2.72. The molecule has 0 saturated heterocycles. The van der Waals surface area contributed by atoms with Gasteiger partial charge >= 0.3 is 5.97 Å². The van der Waals surface area contributed by atoms with Crippen molar-refractivity contribution >= 4 is 23.2 Å². The lowest BCUT2D eigenvalue weighted by atomic mass is 10.3. The molecule has 0 aliphatic rings. The summed E-state index contributed by atoms with van der Waals surface area (Å²) in [6.07, 6.45) is 0. The summed E-state index contributed by atoms with van der Waals surface area (Å²) < 4.78 is 11.3. The van der Waals surface area contributed by atoms with Crippen molar-refractivity contribution in [3.63, 3.8) is 0 Å². The van der Waals surface area contributed by atoms with Crippen LogP contribution in [0.4, 0.5) is 0 Å². The van der Waals surface area contributed by atoms with Crippen molar-refractivity contribution in [1.82, 2.24) is 14.6 Å². The summed E-state index contributed by atoms with van der Waals surface area (Å²) in [6.45, 7) is 0. The fourth-order valence-corrected chi connectivity index (χ4v) is 1.85.